The van der Waals surface area contributed by atoms with Gasteiger partial charge in [-0.15, -0.1) is 0 Å². The van der Waals surface area contributed by atoms with Gasteiger partial charge in [-0.25, -0.2) is 4.98 Å². The highest BCUT2D eigenvalue weighted by atomic mass is 79.9. The van der Waals surface area contributed by atoms with Crippen molar-refractivity contribution in [3.05, 3.63) is 52.5 Å². The van der Waals surface area contributed by atoms with Crippen LogP contribution in [0, 0.1) is 6.92 Å². The third-order valence-electron chi connectivity index (χ3n) is 2.18. The van der Waals surface area contributed by atoms with Crippen LogP contribution in [-0.2, 0) is 0 Å². The molecule has 0 fully saturated rings. The van der Waals surface area contributed by atoms with E-state index in [9.17, 15) is 4.79 Å². The number of carbonyl (C=O) groups excluding carboxylic acids is 1. The van der Waals surface area contributed by atoms with Crippen molar-refractivity contribution in [2.24, 2.45) is 0 Å². The Morgan fingerprint density at radius 1 is 1.29 bits per heavy atom. The number of hydrogen-bond donors (Lipinski definition) is 1. The van der Waals surface area contributed by atoms with Gasteiger partial charge in [-0.05, 0) is 47.1 Å². The minimum Gasteiger partial charge on any atom is -0.320 e. The SMILES string of the molecule is Cc1ccc(C(=O)Nc2cccnc2Br)cn1. The Hall–Kier alpha value is -1.75. The molecule has 86 valence electrons. The van der Waals surface area contributed by atoms with Gasteiger partial charge in [0.25, 0.3) is 5.91 Å². The number of amides is 1. The van der Waals surface area contributed by atoms with Crippen LogP contribution in [0.5, 0.6) is 0 Å². The van der Waals surface area contributed by atoms with Gasteiger partial charge < -0.3 is 5.32 Å². The normalized spacial score (nSPS) is 10.0. The zero-order valence-electron chi connectivity index (χ0n) is 9.14. The summed E-state index contributed by atoms with van der Waals surface area (Å²) in [6, 6.07) is 7.07. The quantitative estimate of drug-likeness (QED) is 0.866. The van der Waals surface area contributed by atoms with Gasteiger partial charge in [-0.2, -0.15) is 0 Å². The standard InChI is InChI=1S/C12H10BrN3O/c1-8-4-5-9(7-15-8)12(17)16-10-3-2-6-14-11(10)13/h2-7H,1H3,(H,16,17). The van der Waals surface area contributed by atoms with E-state index in [0.717, 1.165) is 5.69 Å². The first kappa shape index (κ1) is 11.7. The highest BCUT2D eigenvalue weighted by Gasteiger charge is 2.08. The number of rotatable bonds is 2. The van der Waals surface area contributed by atoms with E-state index in [0.29, 0.717) is 15.9 Å². The number of aryl methyl sites for hydroxylation is 1. The van der Waals surface area contributed by atoms with Gasteiger partial charge in [0.05, 0.1) is 11.3 Å². The Balaban J connectivity index is 2.17. The number of anilines is 1. The number of halogens is 1. The van der Waals surface area contributed by atoms with Crippen molar-refractivity contribution in [2.75, 3.05) is 5.32 Å². The van der Waals surface area contributed by atoms with Crippen molar-refractivity contribution >= 4 is 27.5 Å². The van der Waals surface area contributed by atoms with Crippen LogP contribution in [0.4, 0.5) is 5.69 Å². The molecule has 0 aromatic carbocycles. The molecule has 0 saturated heterocycles. The van der Waals surface area contributed by atoms with E-state index in [1.165, 1.54) is 0 Å². The molecule has 0 saturated carbocycles. The molecule has 0 atom stereocenters. The van der Waals surface area contributed by atoms with Crippen LogP contribution in [-0.4, -0.2) is 15.9 Å². The molecule has 2 aromatic rings. The van der Waals surface area contributed by atoms with Crippen LogP contribution in [0.25, 0.3) is 0 Å². The lowest BCUT2D eigenvalue weighted by molar-refractivity contribution is 0.102. The molecular formula is C12H10BrN3O. The summed E-state index contributed by atoms with van der Waals surface area (Å²) in [5.74, 6) is -0.203. The smallest absolute Gasteiger partial charge is 0.257 e. The fraction of sp³-hybridized carbons (Fsp3) is 0.0833. The first-order valence-corrected chi connectivity index (χ1v) is 5.80. The largest absolute Gasteiger partial charge is 0.320 e. The fourth-order valence-electron chi connectivity index (χ4n) is 1.28. The van der Waals surface area contributed by atoms with Crippen molar-refractivity contribution in [1.29, 1.82) is 0 Å². The van der Waals surface area contributed by atoms with Crippen molar-refractivity contribution in [3.8, 4) is 0 Å². The van der Waals surface area contributed by atoms with E-state index < -0.39 is 0 Å². The van der Waals surface area contributed by atoms with Crippen LogP contribution in [0.2, 0.25) is 0 Å². The number of carbonyl (C=O) groups is 1. The number of aromatic nitrogens is 2. The van der Waals surface area contributed by atoms with E-state index in [4.69, 9.17) is 0 Å². The highest BCUT2D eigenvalue weighted by molar-refractivity contribution is 9.10. The van der Waals surface area contributed by atoms with E-state index in [2.05, 4.69) is 31.2 Å². The molecule has 2 heterocycles. The molecule has 0 bridgehead atoms. The van der Waals surface area contributed by atoms with Gasteiger partial charge in [0.2, 0.25) is 0 Å². The summed E-state index contributed by atoms with van der Waals surface area (Å²) in [5.41, 5.74) is 2.04. The Bertz CT molecular complexity index is 540. The van der Waals surface area contributed by atoms with Crippen LogP contribution in [0.15, 0.2) is 41.3 Å². The van der Waals surface area contributed by atoms with E-state index >= 15 is 0 Å². The average Bonchev–Trinajstić information content (AvgIpc) is 2.33. The lowest BCUT2D eigenvalue weighted by Crippen LogP contribution is -2.12. The van der Waals surface area contributed by atoms with E-state index in [1.807, 2.05) is 6.92 Å². The van der Waals surface area contributed by atoms with E-state index in [-0.39, 0.29) is 5.91 Å². The molecule has 0 aliphatic heterocycles. The lowest BCUT2D eigenvalue weighted by atomic mass is 10.2. The lowest BCUT2D eigenvalue weighted by Gasteiger charge is -2.06. The second kappa shape index (κ2) is 5.05. The van der Waals surface area contributed by atoms with Crippen molar-refractivity contribution < 1.29 is 4.79 Å². The summed E-state index contributed by atoms with van der Waals surface area (Å²) in [7, 11) is 0. The molecule has 17 heavy (non-hydrogen) atoms. The Kier molecular flexibility index (Phi) is 3.49. The monoisotopic (exact) mass is 291 g/mol. The molecule has 2 rings (SSSR count). The summed E-state index contributed by atoms with van der Waals surface area (Å²) < 4.78 is 0.605. The number of nitrogens with one attached hydrogen (secondary N) is 1. The molecular weight excluding hydrogens is 282 g/mol. The van der Waals surface area contributed by atoms with Crippen molar-refractivity contribution in [1.82, 2.24) is 9.97 Å². The van der Waals surface area contributed by atoms with Crippen LogP contribution in [0.1, 0.15) is 16.1 Å². The number of pyridine rings is 2. The Morgan fingerprint density at radius 3 is 2.76 bits per heavy atom. The number of nitrogens with zero attached hydrogens (tertiary/aromatic N) is 2. The maximum Gasteiger partial charge on any atom is 0.257 e. The minimum absolute atomic E-state index is 0.203. The predicted molar refractivity (Wildman–Crippen MR) is 68.9 cm³/mol. The molecule has 0 radical (unpaired) electrons. The zero-order chi connectivity index (χ0) is 12.3. The van der Waals surface area contributed by atoms with Gasteiger partial charge in [-0.1, -0.05) is 0 Å². The van der Waals surface area contributed by atoms with E-state index in [1.54, 1.807) is 36.7 Å². The predicted octanol–water partition coefficient (Wildman–Crippen LogP) is 2.80. The van der Waals surface area contributed by atoms with Crippen LogP contribution in [0.3, 0.4) is 0 Å². The summed E-state index contributed by atoms with van der Waals surface area (Å²) in [5, 5.41) is 2.76. The minimum atomic E-state index is -0.203. The molecule has 2 aromatic heterocycles. The second-order valence-corrected chi connectivity index (χ2v) is 4.24. The summed E-state index contributed by atoms with van der Waals surface area (Å²) in [4.78, 5) is 20.0. The first-order valence-electron chi connectivity index (χ1n) is 5.01. The average molecular weight is 292 g/mol. The third kappa shape index (κ3) is 2.88. The van der Waals surface area contributed by atoms with Crippen molar-refractivity contribution in [3.63, 3.8) is 0 Å². The topological polar surface area (TPSA) is 54.9 Å². The number of hydrogen-bond acceptors (Lipinski definition) is 3. The first-order chi connectivity index (χ1) is 8.16. The summed E-state index contributed by atoms with van der Waals surface area (Å²) >= 11 is 3.27. The van der Waals surface area contributed by atoms with Crippen LogP contribution < -0.4 is 5.32 Å². The Morgan fingerprint density at radius 2 is 2.12 bits per heavy atom. The van der Waals surface area contributed by atoms with Gasteiger partial charge in [-0.3, -0.25) is 9.78 Å². The maximum atomic E-state index is 11.9. The van der Waals surface area contributed by atoms with Gasteiger partial charge >= 0.3 is 0 Å². The van der Waals surface area contributed by atoms with Gasteiger partial charge in [0, 0.05) is 18.1 Å². The molecule has 1 N–H and O–H groups in total. The second-order valence-electron chi connectivity index (χ2n) is 3.48. The zero-order valence-corrected chi connectivity index (χ0v) is 10.7. The molecule has 0 aliphatic carbocycles. The highest BCUT2D eigenvalue weighted by Crippen LogP contribution is 2.18. The molecule has 4 nitrogen and oxygen atoms in total. The third-order valence-corrected chi connectivity index (χ3v) is 2.81. The molecule has 1 amide bonds. The van der Waals surface area contributed by atoms with Crippen molar-refractivity contribution in [2.45, 2.75) is 6.92 Å². The Labute approximate surface area is 107 Å². The maximum absolute atomic E-state index is 11.9. The molecule has 0 spiro atoms. The molecule has 0 unspecified atom stereocenters. The summed E-state index contributed by atoms with van der Waals surface area (Å²) in [6.07, 6.45) is 3.20. The molecule has 5 heteroatoms. The van der Waals surface area contributed by atoms with Gasteiger partial charge in [0.15, 0.2) is 0 Å². The molecule has 0 aliphatic rings. The fourth-order valence-corrected chi connectivity index (χ4v) is 1.63. The van der Waals surface area contributed by atoms with Crippen LogP contribution >= 0.6 is 15.9 Å². The summed E-state index contributed by atoms with van der Waals surface area (Å²) in [6.45, 7) is 1.87. The van der Waals surface area contributed by atoms with Gasteiger partial charge in [0.1, 0.15) is 4.60 Å².